The fourth-order valence-corrected chi connectivity index (χ4v) is 2.94. The van der Waals surface area contributed by atoms with Crippen molar-refractivity contribution in [2.75, 3.05) is 0 Å². The van der Waals surface area contributed by atoms with Crippen LogP contribution in [-0.4, -0.2) is 27.0 Å². The molecule has 4 N–H and O–H groups in total. The van der Waals surface area contributed by atoms with E-state index in [0.29, 0.717) is 11.4 Å². The number of hydrogen-bond acceptors (Lipinski definition) is 4. The molecular formula is C20H22N4O3. The van der Waals surface area contributed by atoms with Crippen LogP contribution in [0, 0.1) is 0 Å². The Balaban J connectivity index is 1.79. The molecule has 1 aromatic carbocycles. The molecule has 0 saturated carbocycles. The first-order valence-corrected chi connectivity index (χ1v) is 8.91. The van der Waals surface area contributed by atoms with Crippen molar-refractivity contribution in [3.63, 3.8) is 0 Å². The van der Waals surface area contributed by atoms with Gasteiger partial charge in [0.25, 0.3) is 11.8 Å². The Bertz CT molecular complexity index is 901. The Labute approximate surface area is 156 Å². The fourth-order valence-electron chi connectivity index (χ4n) is 2.94. The summed E-state index contributed by atoms with van der Waals surface area (Å²) in [7, 11) is 0. The number of hydrogen-bond donors (Lipinski definition) is 4. The summed E-state index contributed by atoms with van der Waals surface area (Å²) < 4.78 is 0. The third-order valence-corrected chi connectivity index (χ3v) is 4.43. The lowest BCUT2D eigenvalue weighted by atomic mass is 10.0. The second-order valence-electron chi connectivity index (χ2n) is 6.35. The van der Waals surface area contributed by atoms with Crippen molar-refractivity contribution >= 4 is 22.7 Å². The third-order valence-electron chi connectivity index (χ3n) is 4.43. The second-order valence-corrected chi connectivity index (χ2v) is 6.35. The number of unbranched alkanes of at least 4 members (excludes halogenated alkanes) is 1. The van der Waals surface area contributed by atoms with Gasteiger partial charge in [-0.1, -0.05) is 38.0 Å². The summed E-state index contributed by atoms with van der Waals surface area (Å²) in [6, 6.07) is 12.5. The molecule has 1 atom stereocenters. The fraction of sp³-hybridized carbons (Fsp3) is 0.250. The highest BCUT2D eigenvalue weighted by Gasteiger charge is 2.18. The number of aromatic nitrogens is 2. The van der Waals surface area contributed by atoms with Crippen LogP contribution in [0.1, 0.15) is 58.8 Å². The number of nitrogens with zero attached hydrogens (tertiary/aromatic N) is 1. The number of benzene rings is 1. The molecule has 2 aromatic heterocycles. The number of hydroxylamine groups is 1. The normalized spacial score (nSPS) is 11.9. The minimum atomic E-state index is -0.624. The first-order chi connectivity index (χ1) is 13.1. The number of fused-ring (bicyclic) bond motifs is 1. The van der Waals surface area contributed by atoms with E-state index in [2.05, 4.69) is 22.2 Å². The zero-order valence-electron chi connectivity index (χ0n) is 15.0. The maximum atomic E-state index is 12.7. The average molecular weight is 366 g/mol. The molecule has 7 nitrogen and oxygen atoms in total. The minimum Gasteiger partial charge on any atom is -0.351 e. The monoisotopic (exact) mass is 366 g/mol. The van der Waals surface area contributed by atoms with Crippen molar-refractivity contribution in [3.8, 4) is 0 Å². The number of aromatic amines is 1. The van der Waals surface area contributed by atoms with Crippen molar-refractivity contribution < 1.29 is 14.8 Å². The SMILES string of the molecule is CCCCC(NC(=O)c1cc2ccccc2[nH]1)c1ccc(C(=O)NO)cn1. The van der Waals surface area contributed by atoms with Crippen LogP contribution in [0.15, 0.2) is 48.7 Å². The van der Waals surface area contributed by atoms with Crippen LogP contribution in [0.5, 0.6) is 0 Å². The van der Waals surface area contributed by atoms with Crippen molar-refractivity contribution in [1.82, 2.24) is 20.8 Å². The van der Waals surface area contributed by atoms with Gasteiger partial charge in [0.2, 0.25) is 0 Å². The molecular weight excluding hydrogens is 344 g/mol. The van der Waals surface area contributed by atoms with Gasteiger partial charge < -0.3 is 10.3 Å². The first-order valence-electron chi connectivity index (χ1n) is 8.91. The highest BCUT2D eigenvalue weighted by Crippen LogP contribution is 2.20. The lowest BCUT2D eigenvalue weighted by Crippen LogP contribution is -2.29. The van der Waals surface area contributed by atoms with Gasteiger partial charge >= 0.3 is 0 Å². The molecule has 3 aromatic rings. The molecule has 0 aliphatic rings. The smallest absolute Gasteiger partial charge is 0.276 e. The predicted molar refractivity (Wildman–Crippen MR) is 102 cm³/mol. The zero-order chi connectivity index (χ0) is 19.2. The van der Waals surface area contributed by atoms with Crippen molar-refractivity contribution in [1.29, 1.82) is 0 Å². The molecule has 1 unspecified atom stereocenters. The molecule has 0 spiro atoms. The van der Waals surface area contributed by atoms with Gasteiger partial charge in [-0.15, -0.1) is 0 Å². The number of amides is 2. The Hall–Kier alpha value is -3.19. The molecule has 0 saturated heterocycles. The predicted octanol–water partition coefficient (Wildman–Crippen LogP) is 3.34. The number of rotatable bonds is 7. The van der Waals surface area contributed by atoms with E-state index in [-0.39, 0.29) is 17.5 Å². The highest BCUT2D eigenvalue weighted by molar-refractivity contribution is 5.98. The van der Waals surface area contributed by atoms with E-state index in [4.69, 9.17) is 5.21 Å². The van der Waals surface area contributed by atoms with Crippen molar-refractivity contribution in [2.45, 2.75) is 32.2 Å². The van der Waals surface area contributed by atoms with Gasteiger partial charge in [-0.25, -0.2) is 5.48 Å². The van der Waals surface area contributed by atoms with Crippen LogP contribution < -0.4 is 10.8 Å². The molecule has 140 valence electrons. The number of carbonyl (C=O) groups excluding carboxylic acids is 2. The number of carbonyl (C=O) groups is 2. The van der Waals surface area contributed by atoms with E-state index in [1.54, 1.807) is 17.6 Å². The maximum Gasteiger partial charge on any atom is 0.276 e. The van der Waals surface area contributed by atoms with Gasteiger partial charge in [0, 0.05) is 17.1 Å². The highest BCUT2D eigenvalue weighted by atomic mass is 16.5. The Kier molecular flexibility index (Phi) is 5.83. The van der Waals surface area contributed by atoms with Gasteiger partial charge in [-0.05, 0) is 30.7 Å². The zero-order valence-corrected chi connectivity index (χ0v) is 15.0. The lowest BCUT2D eigenvalue weighted by Gasteiger charge is -2.18. The number of nitrogens with one attached hydrogen (secondary N) is 3. The van der Waals surface area contributed by atoms with Crippen LogP contribution in [-0.2, 0) is 0 Å². The lowest BCUT2D eigenvalue weighted by molar-refractivity contribution is 0.0705. The number of pyridine rings is 1. The van der Waals surface area contributed by atoms with Gasteiger partial charge in [-0.3, -0.25) is 19.8 Å². The minimum absolute atomic E-state index is 0.203. The molecule has 0 aliphatic heterocycles. The molecule has 0 aliphatic carbocycles. The molecule has 27 heavy (non-hydrogen) atoms. The van der Waals surface area contributed by atoms with Crippen LogP contribution in [0.3, 0.4) is 0 Å². The molecule has 0 radical (unpaired) electrons. The van der Waals surface area contributed by atoms with Crippen LogP contribution in [0.25, 0.3) is 10.9 Å². The van der Waals surface area contributed by atoms with Gasteiger partial charge in [0.1, 0.15) is 5.69 Å². The average Bonchev–Trinajstić information content (AvgIpc) is 3.15. The largest absolute Gasteiger partial charge is 0.351 e. The topological polar surface area (TPSA) is 107 Å². The summed E-state index contributed by atoms with van der Waals surface area (Å²) in [5.74, 6) is -0.826. The van der Waals surface area contributed by atoms with E-state index in [0.717, 1.165) is 30.2 Å². The van der Waals surface area contributed by atoms with Crippen LogP contribution in [0.4, 0.5) is 0 Å². The molecule has 3 rings (SSSR count). The summed E-state index contributed by atoms with van der Waals surface area (Å²) in [6.45, 7) is 2.08. The van der Waals surface area contributed by atoms with Gasteiger partial charge in [0.15, 0.2) is 0 Å². The standard InChI is InChI=1S/C20H22N4O3/c1-2-3-7-17(16-10-9-14(12-21-16)19(25)24-27)23-20(26)18-11-13-6-4-5-8-15(13)22-18/h4-6,8-12,17,22,27H,2-3,7H2,1H3,(H,23,26)(H,24,25). The second kappa shape index (κ2) is 8.46. The maximum absolute atomic E-state index is 12.7. The first kappa shape index (κ1) is 18.6. The number of H-pyrrole nitrogens is 1. The summed E-state index contributed by atoms with van der Waals surface area (Å²) >= 11 is 0. The summed E-state index contributed by atoms with van der Waals surface area (Å²) in [6.07, 6.45) is 4.04. The Morgan fingerprint density at radius 1 is 1.19 bits per heavy atom. The summed E-state index contributed by atoms with van der Waals surface area (Å²) in [5.41, 5.74) is 3.90. The Morgan fingerprint density at radius 2 is 2.00 bits per heavy atom. The summed E-state index contributed by atoms with van der Waals surface area (Å²) in [4.78, 5) is 31.6. The quantitative estimate of drug-likeness (QED) is 0.380. The number of para-hydroxylation sites is 1. The van der Waals surface area contributed by atoms with E-state index in [1.807, 2.05) is 30.3 Å². The third kappa shape index (κ3) is 4.32. The van der Waals surface area contributed by atoms with Gasteiger partial charge in [-0.2, -0.15) is 0 Å². The van der Waals surface area contributed by atoms with E-state index < -0.39 is 5.91 Å². The van der Waals surface area contributed by atoms with Gasteiger partial charge in [0.05, 0.1) is 17.3 Å². The molecule has 0 fully saturated rings. The van der Waals surface area contributed by atoms with Crippen LogP contribution >= 0.6 is 0 Å². The van der Waals surface area contributed by atoms with E-state index in [1.165, 1.54) is 6.20 Å². The van der Waals surface area contributed by atoms with Crippen molar-refractivity contribution in [2.24, 2.45) is 0 Å². The van der Waals surface area contributed by atoms with Crippen molar-refractivity contribution in [3.05, 3.63) is 65.6 Å². The summed E-state index contributed by atoms with van der Waals surface area (Å²) in [5, 5.41) is 12.7. The Morgan fingerprint density at radius 3 is 2.67 bits per heavy atom. The molecule has 2 amide bonds. The molecule has 0 bridgehead atoms. The van der Waals surface area contributed by atoms with E-state index in [9.17, 15) is 9.59 Å². The van der Waals surface area contributed by atoms with Crippen LogP contribution in [0.2, 0.25) is 0 Å². The van der Waals surface area contributed by atoms with E-state index >= 15 is 0 Å². The molecule has 7 heteroatoms. The molecule has 2 heterocycles.